The third-order valence-electron chi connectivity index (χ3n) is 8.03. The lowest BCUT2D eigenvalue weighted by atomic mass is 9.94. The molecule has 218 valence electrons. The van der Waals surface area contributed by atoms with Gasteiger partial charge in [-0.3, -0.25) is 9.78 Å². The van der Waals surface area contributed by atoms with Crippen molar-refractivity contribution in [1.29, 1.82) is 0 Å². The van der Waals surface area contributed by atoms with Crippen LogP contribution in [0.1, 0.15) is 30.4 Å². The fourth-order valence-corrected chi connectivity index (χ4v) is 5.73. The number of carbonyl (C=O) groups is 1. The predicted molar refractivity (Wildman–Crippen MR) is 163 cm³/mol. The van der Waals surface area contributed by atoms with Crippen LogP contribution in [0.2, 0.25) is 0 Å². The normalized spacial score (nSPS) is 14.8. The highest BCUT2D eigenvalue weighted by atomic mass is 19.1. The van der Waals surface area contributed by atoms with Crippen molar-refractivity contribution in [2.45, 2.75) is 32.7 Å². The molecule has 43 heavy (non-hydrogen) atoms. The van der Waals surface area contributed by atoms with Crippen LogP contribution < -0.4 is 15.4 Å². The van der Waals surface area contributed by atoms with Crippen LogP contribution >= 0.6 is 0 Å². The van der Waals surface area contributed by atoms with E-state index in [0.717, 1.165) is 17.7 Å². The number of nitrogens with one attached hydrogen (secondary N) is 2. The number of hydrogen-bond acceptors (Lipinski definition) is 7. The van der Waals surface area contributed by atoms with Crippen LogP contribution in [-0.2, 0) is 11.3 Å². The zero-order valence-corrected chi connectivity index (χ0v) is 24.0. The van der Waals surface area contributed by atoms with E-state index in [2.05, 4.69) is 25.6 Å². The summed E-state index contributed by atoms with van der Waals surface area (Å²) in [6, 6.07) is 15.5. The molecule has 1 saturated carbocycles. The van der Waals surface area contributed by atoms with Crippen LogP contribution in [0.25, 0.3) is 33.3 Å². The Bertz CT molecular complexity index is 1820. The highest BCUT2D eigenvalue weighted by Gasteiger charge is 2.23. The predicted octanol–water partition coefficient (Wildman–Crippen LogP) is 7.16. The lowest BCUT2D eigenvalue weighted by Gasteiger charge is -2.17. The molecule has 0 amide bonds. The number of nitrogens with zero attached hydrogens (tertiary/aromatic N) is 3. The van der Waals surface area contributed by atoms with Crippen LogP contribution in [0.3, 0.4) is 0 Å². The Kier molecular flexibility index (Phi) is 8.07. The van der Waals surface area contributed by atoms with Crippen molar-refractivity contribution in [1.82, 2.24) is 20.3 Å². The average Bonchev–Trinajstić information content (AvgIpc) is 3.44. The highest BCUT2D eigenvalue weighted by molar-refractivity contribution is 5.88. The van der Waals surface area contributed by atoms with Gasteiger partial charge in [0, 0.05) is 60.4 Å². The second-order valence-corrected chi connectivity index (χ2v) is 10.8. The van der Waals surface area contributed by atoms with Crippen LogP contribution in [0.4, 0.5) is 20.3 Å². The fraction of sp³-hybridized carbons (Fsp3) is 0.235. The Morgan fingerprint density at radius 2 is 1.74 bits per heavy atom. The van der Waals surface area contributed by atoms with Gasteiger partial charge in [-0.2, -0.15) is 0 Å². The van der Waals surface area contributed by atoms with E-state index >= 15 is 8.78 Å². The zero-order chi connectivity index (χ0) is 29.9. The maximum atomic E-state index is 16.2. The summed E-state index contributed by atoms with van der Waals surface area (Å²) in [5.41, 5.74) is 5.00. The molecule has 1 atom stereocenters. The summed E-state index contributed by atoms with van der Waals surface area (Å²) >= 11 is 0. The van der Waals surface area contributed by atoms with Gasteiger partial charge in [-0.1, -0.05) is 30.3 Å². The number of ketones is 1. The van der Waals surface area contributed by atoms with Crippen LogP contribution in [-0.4, -0.2) is 34.4 Å². The molecule has 0 radical (unpaired) electrons. The van der Waals surface area contributed by atoms with E-state index < -0.39 is 11.6 Å². The van der Waals surface area contributed by atoms with Crippen molar-refractivity contribution in [3.8, 4) is 28.0 Å². The van der Waals surface area contributed by atoms with E-state index in [1.165, 1.54) is 13.2 Å². The third kappa shape index (κ3) is 5.81. The number of aromatic nitrogens is 3. The van der Waals surface area contributed by atoms with Crippen molar-refractivity contribution in [3.05, 3.63) is 95.9 Å². The molecular formula is C34H31F2N5O2. The quantitative estimate of drug-likeness (QED) is 0.192. The molecule has 1 aliphatic carbocycles. The summed E-state index contributed by atoms with van der Waals surface area (Å²) in [5, 5.41) is 6.59. The maximum absolute atomic E-state index is 16.2. The Hall–Kier alpha value is -4.76. The zero-order valence-electron chi connectivity index (χ0n) is 24.0. The van der Waals surface area contributed by atoms with Gasteiger partial charge in [0.1, 0.15) is 28.7 Å². The number of methoxy groups -OCH3 is 1. The number of Topliss-reactive ketones (excluding diaryl/α,β-unsaturated/α-hetero) is 1. The number of anilines is 2. The largest absolute Gasteiger partial charge is 0.496 e. The molecule has 2 heterocycles. The SMILES string of the molecule is COc1cc(-c2cccc(-c3cccc(Nc4nccc5nccnc45)c3C)c2F)cc(F)c1CNC[C@@H]1CCC(=O)C1. The fourth-order valence-electron chi connectivity index (χ4n) is 5.73. The van der Waals surface area contributed by atoms with Gasteiger partial charge in [0.2, 0.25) is 0 Å². The van der Waals surface area contributed by atoms with E-state index in [-0.39, 0.29) is 23.8 Å². The van der Waals surface area contributed by atoms with Gasteiger partial charge in [-0.15, -0.1) is 0 Å². The number of rotatable bonds is 9. The van der Waals surface area contributed by atoms with Crippen molar-refractivity contribution in [2.75, 3.05) is 19.0 Å². The summed E-state index contributed by atoms with van der Waals surface area (Å²) < 4.78 is 37.2. The average molecular weight is 580 g/mol. The molecule has 0 saturated heterocycles. The lowest BCUT2D eigenvalue weighted by molar-refractivity contribution is -0.117. The first-order chi connectivity index (χ1) is 20.9. The van der Waals surface area contributed by atoms with Gasteiger partial charge < -0.3 is 15.4 Å². The summed E-state index contributed by atoms with van der Waals surface area (Å²) in [6.45, 7) is 2.79. The van der Waals surface area contributed by atoms with Gasteiger partial charge in [-0.05, 0) is 66.8 Å². The summed E-state index contributed by atoms with van der Waals surface area (Å²) in [4.78, 5) is 24.7. The molecule has 2 aromatic heterocycles. The number of fused-ring (bicyclic) bond motifs is 1. The van der Waals surface area contributed by atoms with Gasteiger partial charge in [0.15, 0.2) is 5.82 Å². The molecule has 0 unspecified atom stereocenters. The topological polar surface area (TPSA) is 89.0 Å². The van der Waals surface area contributed by atoms with Crippen molar-refractivity contribution < 1.29 is 18.3 Å². The second kappa shape index (κ2) is 12.2. The minimum Gasteiger partial charge on any atom is -0.496 e. The monoisotopic (exact) mass is 579 g/mol. The van der Waals surface area contributed by atoms with Gasteiger partial charge in [0.05, 0.1) is 12.6 Å². The molecule has 2 N–H and O–H groups in total. The van der Waals surface area contributed by atoms with Crippen molar-refractivity contribution in [2.24, 2.45) is 5.92 Å². The third-order valence-corrected chi connectivity index (χ3v) is 8.03. The van der Waals surface area contributed by atoms with Crippen molar-refractivity contribution >= 4 is 28.3 Å². The Morgan fingerprint density at radius 1 is 0.953 bits per heavy atom. The summed E-state index contributed by atoms with van der Waals surface area (Å²) in [7, 11) is 1.47. The molecule has 3 aromatic carbocycles. The Balaban J connectivity index is 1.29. The number of halogens is 2. The summed E-state index contributed by atoms with van der Waals surface area (Å²) in [5.74, 6) is 0.486. The van der Waals surface area contributed by atoms with Crippen LogP contribution in [0.5, 0.6) is 5.75 Å². The van der Waals surface area contributed by atoms with Crippen LogP contribution in [0.15, 0.2) is 73.2 Å². The molecule has 0 bridgehead atoms. The molecule has 0 spiro atoms. The molecular weight excluding hydrogens is 548 g/mol. The Morgan fingerprint density at radius 3 is 2.56 bits per heavy atom. The molecule has 7 nitrogen and oxygen atoms in total. The van der Waals surface area contributed by atoms with E-state index in [1.807, 2.05) is 25.1 Å². The van der Waals surface area contributed by atoms with Crippen LogP contribution in [0, 0.1) is 24.5 Å². The van der Waals surface area contributed by atoms with Gasteiger partial charge in [-0.25, -0.2) is 18.7 Å². The first-order valence-electron chi connectivity index (χ1n) is 14.2. The minimum absolute atomic E-state index is 0.249. The molecule has 5 aromatic rings. The van der Waals surface area contributed by atoms with E-state index in [9.17, 15) is 4.79 Å². The minimum atomic E-state index is -0.484. The number of pyridine rings is 1. The number of ether oxygens (including phenoxy) is 1. The smallest absolute Gasteiger partial charge is 0.158 e. The van der Waals surface area contributed by atoms with Gasteiger partial charge >= 0.3 is 0 Å². The first kappa shape index (κ1) is 28.4. The number of hydrogen-bond donors (Lipinski definition) is 2. The Labute approximate surface area is 248 Å². The number of carbonyl (C=O) groups excluding carboxylic acids is 1. The summed E-state index contributed by atoms with van der Waals surface area (Å²) in [6.07, 6.45) is 6.93. The standard InChI is InChI=1S/C34H31F2N5O2/c1-20-24(5-4-8-29(20)41-34-33-30(11-12-40-34)38-13-14-39-33)26-7-3-6-25(32(26)36)22-16-28(35)27(31(17-22)43-2)19-37-18-21-9-10-23(42)15-21/h3-8,11-14,16-17,21,37H,9-10,15,18-19H2,1-2H3,(H,40,41)/t21-/m1/s1. The molecule has 0 aliphatic heterocycles. The molecule has 1 aliphatic rings. The molecule has 1 fully saturated rings. The lowest BCUT2D eigenvalue weighted by Crippen LogP contribution is -2.22. The maximum Gasteiger partial charge on any atom is 0.158 e. The highest BCUT2D eigenvalue weighted by Crippen LogP contribution is 2.38. The number of benzene rings is 3. The van der Waals surface area contributed by atoms with Crippen molar-refractivity contribution in [3.63, 3.8) is 0 Å². The van der Waals surface area contributed by atoms with E-state index in [0.29, 0.717) is 64.2 Å². The van der Waals surface area contributed by atoms with E-state index in [1.54, 1.807) is 48.9 Å². The molecule has 9 heteroatoms. The second-order valence-electron chi connectivity index (χ2n) is 10.8. The van der Waals surface area contributed by atoms with E-state index in [4.69, 9.17) is 4.74 Å². The van der Waals surface area contributed by atoms with Gasteiger partial charge in [0.25, 0.3) is 0 Å². The molecule has 6 rings (SSSR count). The first-order valence-corrected chi connectivity index (χ1v) is 14.2.